The molecular weight excluding hydrogens is 429 g/mol. The molecule has 0 N–H and O–H groups in total. The molecule has 0 unspecified atom stereocenters. The third kappa shape index (κ3) is 5.51. The van der Waals surface area contributed by atoms with E-state index in [-0.39, 0.29) is 17.1 Å². The number of nitrogens with zero attached hydrogens (tertiary/aromatic N) is 2. The zero-order chi connectivity index (χ0) is 21.8. The maximum absolute atomic E-state index is 13.2. The summed E-state index contributed by atoms with van der Waals surface area (Å²) in [4.78, 5) is 12.4. The Morgan fingerprint density at radius 1 is 1.17 bits per heavy atom. The summed E-state index contributed by atoms with van der Waals surface area (Å²) in [5, 5.41) is -0.162. The van der Waals surface area contributed by atoms with Gasteiger partial charge >= 0.3 is 6.18 Å². The van der Waals surface area contributed by atoms with Crippen molar-refractivity contribution in [2.24, 2.45) is 0 Å². The minimum atomic E-state index is -4.58. The van der Waals surface area contributed by atoms with E-state index in [1.165, 1.54) is 18.2 Å². The molecule has 0 saturated carbocycles. The number of anilines is 1. The summed E-state index contributed by atoms with van der Waals surface area (Å²) in [7, 11) is -3.25. The van der Waals surface area contributed by atoms with Crippen molar-refractivity contribution in [2.45, 2.75) is 11.1 Å². The largest absolute Gasteiger partial charge is 0.406 e. The Kier molecular flexibility index (Phi) is 6.97. The van der Waals surface area contributed by atoms with E-state index in [1.54, 1.807) is 30.3 Å². The van der Waals surface area contributed by atoms with Gasteiger partial charge in [-0.3, -0.25) is 9.10 Å². The number of amides is 1. The molecule has 0 aliphatic heterocycles. The lowest BCUT2D eigenvalue weighted by Gasteiger charge is -2.24. The third-order valence-electron chi connectivity index (χ3n) is 3.85. The van der Waals surface area contributed by atoms with Gasteiger partial charge in [0.2, 0.25) is 0 Å². The summed E-state index contributed by atoms with van der Waals surface area (Å²) >= 11 is 6.07. The predicted molar refractivity (Wildman–Crippen MR) is 106 cm³/mol. The van der Waals surface area contributed by atoms with Crippen LogP contribution in [0.1, 0.15) is 10.4 Å². The minimum Gasteiger partial charge on any atom is -0.333 e. The molecule has 0 radical (unpaired) electrons. The lowest BCUT2D eigenvalue weighted by atomic mass is 10.2. The van der Waals surface area contributed by atoms with Crippen molar-refractivity contribution >= 4 is 33.2 Å². The molecule has 0 aromatic heterocycles. The summed E-state index contributed by atoms with van der Waals surface area (Å²) < 4.78 is 65.1. The van der Waals surface area contributed by atoms with E-state index in [0.717, 1.165) is 17.4 Å². The summed E-state index contributed by atoms with van der Waals surface area (Å²) in [5.74, 6) is -0.981. The first-order valence-corrected chi connectivity index (χ1v) is 10.1. The van der Waals surface area contributed by atoms with Crippen LogP contribution in [0.3, 0.4) is 0 Å². The van der Waals surface area contributed by atoms with Gasteiger partial charge in [0.1, 0.15) is 11.4 Å². The molecule has 2 aromatic rings. The minimum absolute atomic E-state index is 0.0746. The van der Waals surface area contributed by atoms with Gasteiger partial charge in [0.15, 0.2) is 0 Å². The van der Waals surface area contributed by atoms with Gasteiger partial charge < -0.3 is 4.90 Å². The molecule has 0 heterocycles. The highest BCUT2D eigenvalue weighted by atomic mass is 35.5. The number of carbonyl (C=O) groups excluding carboxylic acids is 1. The normalized spacial score (nSPS) is 11.8. The number of benzene rings is 2. The Morgan fingerprint density at radius 3 is 2.34 bits per heavy atom. The average molecular weight is 447 g/mol. The van der Waals surface area contributed by atoms with E-state index >= 15 is 0 Å². The quantitative estimate of drug-likeness (QED) is 0.594. The molecule has 0 atom stereocenters. The Hall–Kier alpha value is -2.52. The van der Waals surface area contributed by atoms with Gasteiger partial charge in [-0.2, -0.15) is 13.2 Å². The molecule has 0 aliphatic carbocycles. The van der Waals surface area contributed by atoms with Crippen molar-refractivity contribution in [2.75, 3.05) is 24.4 Å². The monoisotopic (exact) mass is 446 g/mol. The summed E-state index contributed by atoms with van der Waals surface area (Å²) in [6.07, 6.45) is -3.20. The standard InChI is InChI=1S/C19H18ClF3N2O3S/c1-3-11-25(15-7-5-4-6-8-15)29(27,28)17-12-14(9-10-16(17)20)18(26)24(2)13-19(21,22)23/h3-10,12H,1,11,13H2,2H3. The molecule has 29 heavy (non-hydrogen) atoms. The fraction of sp³-hybridized carbons (Fsp3) is 0.211. The molecular formula is C19H18ClF3N2O3S. The van der Waals surface area contributed by atoms with Crippen molar-refractivity contribution < 1.29 is 26.4 Å². The van der Waals surface area contributed by atoms with Gasteiger partial charge in [-0.1, -0.05) is 35.9 Å². The highest BCUT2D eigenvalue weighted by molar-refractivity contribution is 7.93. The highest BCUT2D eigenvalue weighted by Gasteiger charge is 2.32. The van der Waals surface area contributed by atoms with Crippen molar-refractivity contribution in [1.82, 2.24) is 4.90 Å². The van der Waals surface area contributed by atoms with Crippen LogP contribution in [0.2, 0.25) is 5.02 Å². The molecule has 1 amide bonds. The zero-order valence-electron chi connectivity index (χ0n) is 15.4. The molecule has 10 heteroatoms. The molecule has 2 aromatic carbocycles. The van der Waals surface area contributed by atoms with Crippen molar-refractivity contribution in [3.63, 3.8) is 0 Å². The topological polar surface area (TPSA) is 57.7 Å². The lowest BCUT2D eigenvalue weighted by Crippen LogP contribution is -2.36. The number of hydrogen-bond acceptors (Lipinski definition) is 3. The Morgan fingerprint density at radius 2 is 1.79 bits per heavy atom. The van der Waals surface area contributed by atoms with Gasteiger partial charge in [0, 0.05) is 12.6 Å². The van der Waals surface area contributed by atoms with Crippen molar-refractivity contribution in [3.8, 4) is 0 Å². The molecule has 0 aliphatic rings. The summed E-state index contributed by atoms with van der Waals surface area (Å²) in [6.45, 7) is 2.01. The second kappa shape index (κ2) is 8.87. The molecule has 5 nitrogen and oxygen atoms in total. The maximum atomic E-state index is 13.2. The Balaban J connectivity index is 2.49. The zero-order valence-corrected chi connectivity index (χ0v) is 16.9. The first-order chi connectivity index (χ1) is 13.5. The number of sulfonamides is 1. The number of halogens is 4. The van der Waals surface area contributed by atoms with Crippen LogP contribution in [0.5, 0.6) is 0 Å². The highest BCUT2D eigenvalue weighted by Crippen LogP contribution is 2.30. The van der Waals surface area contributed by atoms with Crippen LogP contribution in [0.25, 0.3) is 0 Å². The van der Waals surface area contributed by atoms with E-state index in [1.807, 2.05) is 0 Å². The summed E-state index contributed by atoms with van der Waals surface area (Å²) in [6, 6.07) is 11.5. The SMILES string of the molecule is C=CCN(c1ccccc1)S(=O)(=O)c1cc(C(=O)N(C)CC(F)(F)F)ccc1Cl. The van der Waals surface area contributed by atoms with E-state index < -0.39 is 33.5 Å². The number of hydrogen-bond donors (Lipinski definition) is 0. The lowest BCUT2D eigenvalue weighted by molar-refractivity contribution is -0.138. The number of carbonyl (C=O) groups is 1. The van der Waals surface area contributed by atoms with E-state index in [4.69, 9.17) is 11.6 Å². The van der Waals surface area contributed by atoms with Crippen LogP contribution in [0.15, 0.2) is 66.1 Å². The molecule has 0 saturated heterocycles. The first kappa shape index (κ1) is 22.8. The predicted octanol–water partition coefficient (Wildman–Crippen LogP) is 4.36. The second-order valence-electron chi connectivity index (χ2n) is 6.08. The van der Waals surface area contributed by atoms with Gasteiger partial charge in [-0.25, -0.2) is 8.42 Å². The van der Waals surface area contributed by atoms with Crippen LogP contribution < -0.4 is 4.31 Å². The van der Waals surface area contributed by atoms with E-state index in [2.05, 4.69) is 6.58 Å². The number of para-hydroxylation sites is 1. The molecule has 2 rings (SSSR count). The van der Waals surface area contributed by atoms with Crippen molar-refractivity contribution in [1.29, 1.82) is 0 Å². The van der Waals surface area contributed by atoms with Gasteiger partial charge in [-0.05, 0) is 30.3 Å². The molecule has 156 valence electrons. The third-order valence-corrected chi connectivity index (χ3v) is 6.12. The fourth-order valence-corrected chi connectivity index (χ4v) is 4.51. The molecule has 0 spiro atoms. The van der Waals surface area contributed by atoms with Crippen LogP contribution in [0, 0.1) is 0 Å². The van der Waals surface area contributed by atoms with Crippen LogP contribution in [0.4, 0.5) is 18.9 Å². The number of rotatable bonds is 7. The molecule has 0 bridgehead atoms. The molecule has 0 fully saturated rings. The van der Waals surface area contributed by atoms with Gasteiger partial charge in [0.25, 0.3) is 15.9 Å². The van der Waals surface area contributed by atoms with E-state index in [0.29, 0.717) is 10.6 Å². The first-order valence-electron chi connectivity index (χ1n) is 8.28. The fourth-order valence-electron chi connectivity index (χ4n) is 2.57. The van der Waals surface area contributed by atoms with Crippen LogP contribution in [-0.4, -0.2) is 45.5 Å². The summed E-state index contributed by atoms with van der Waals surface area (Å²) in [5.41, 5.74) is 0.112. The average Bonchev–Trinajstić information content (AvgIpc) is 2.65. The van der Waals surface area contributed by atoms with Crippen LogP contribution >= 0.6 is 11.6 Å². The number of alkyl halides is 3. The van der Waals surface area contributed by atoms with E-state index in [9.17, 15) is 26.4 Å². The van der Waals surface area contributed by atoms with Gasteiger partial charge in [-0.15, -0.1) is 6.58 Å². The van der Waals surface area contributed by atoms with Crippen LogP contribution in [-0.2, 0) is 10.0 Å². The smallest absolute Gasteiger partial charge is 0.333 e. The van der Waals surface area contributed by atoms with Crippen molar-refractivity contribution in [3.05, 3.63) is 71.8 Å². The maximum Gasteiger partial charge on any atom is 0.406 e. The van der Waals surface area contributed by atoms with Gasteiger partial charge in [0.05, 0.1) is 17.3 Å². The Labute approximate surface area is 172 Å². The second-order valence-corrected chi connectivity index (χ2v) is 8.32. The Bertz CT molecular complexity index is 996.